The van der Waals surface area contributed by atoms with Crippen LogP contribution in [0.2, 0.25) is 0 Å². The molecule has 0 bridgehead atoms. The van der Waals surface area contributed by atoms with Crippen molar-refractivity contribution < 1.29 is 8.42 Å². The summed E-state index contributed by atoms with van der Waals surface area (Å²) < 4.78 is 27.5. The molecule has 118 valence electrons. The lowest BCUT2D eigenvalue weighted by atomic mass is 10.1. The van der Waals surface area contributed by atoms with Crippen LogP contribution in [0.1, 0.15) is 43.7 Å². The topological polar surface area (TPSA) is 58.2 Å². The molecule has 21 heavy (non-hydrogen) atoms. The first-order chi connectivity index (χ1) is 10.0. The molecule has 1 aromatic rings. The third-order valence-electron chi connectivity index (χ3n) is 3.84. The van der Waals surface area contributed by atoms with Crippen LogP contribution in [-0.4, -0.2) is 21.5 Å². The smallest absolute Gasteiger partial charge is 0.240 e. The van der Waals surface area contributed by atoms with Crippen molar-refractivity contribution in [3.05, 3.63) is 29.3 Å². The van der Waals surface area contributed by atoms with E-state index >= 15 is 0 Å². The Morgan fingerprint density at radius 1 is 1.24 bits per heavy atom. The van der Waals surface area contributed by atoms with Gasteiger partial charge in [-0.05, 0) is 49.4 Å². The zero-order valence-electron chi connectivity index (χ0n) is 13.0. The van der Waals surface area contributed by atoms with Gasteiger partial charge >= 0.3 is 0 Å². The van der Waals surface area contributed by atoms with E-state index in [1.165, 1.54) is 12.8 Å². The highest BCUT2D eigenvalue weighted by Crippen LogP contribution is 2.31. The van der Waals surface area contributed by atoms with Gasteiger partial charge in [-0.3, -0.25) is 0 Å². The second-order valence-electron chi connectivity index (χ2n) is 5.91. The lowest BCUT2D eigenvalue weighted by molar-refractivity contribution is 0.574. The minimum atomic E-state index is -3.39. The summed E-state index contributed by atoms with van der Waals surface area (Å²) in [6.07, 6.45) is 4.52. The first-order valence-electron chi connectivity index (χ1n) is 7.83. The predicted molar refractivity (Wildman–Crippen MR) is 85.7 cm³/mol. The minimum Gasteiger partial charge on any atom is -0.313 e. The van der Waals surface area contributed by atoms with Crippen LogP contribution in [0, 0.1) is 12.8 Å². The first-order valence-corrected chi connectivity index (χ1v) is 9.31. The predicted octanol–water partition coefficient (Wildman–Crippen LogP) is 2.57. The zero-order chi connectivity index (χ0) is 15.3. The summed E-state index contributed by atoms with van der Waals surface area (Å²) in [7, 11) is -3.39. The maximum absolute atomic E-state index is 12.4. The molecular weight excluding hydrogens is 284 g/mol. The fourth-order valence-electron chi connectivity index (χ4n) is 2.34. The van der Waals surface area contributed by atoms with E-state index in [1.54, 1.807) is 6.07 Å². The maximum Gasteiger partial charge on any atom is 0.240 e. The molecule has 0 radical (unpaired) electrons. The Morgan fingerprint density at radius 2 is 2.00 bits per heavy atom. The highest BCUT2D eigenvalue weighted by Gasteiger charge is 2.22. The molecule has 0 spiro atoms. The van der Waals surface area contributed by atoms with Gasteiger partial charge in [-0.1, -0.05) is 31.9 Å². The van der Waals surface area contributed by atoms with Gasteiger partial charge in [-0.25, -0.2) is 13.1 Å². The zero-order valence-corrected chi connectivity index (χ0v) is 13.8. The molecule has 0 aromatic heterocycles. The molecule has 2 N–H and O–H groups in total. The highest BCUT2D eigenvalue weighted by atomic mass is 32.2. The summed E-state index contributed by atoms with van der Waals surface area (Å²) in [6, 6.07) is 5.66. The van der Waals surface area contributed by atoms with Crippen LogP contribution in [0.25, 0.3) is 0 Å². The molecule has 0 amide bonds. The van der Waals surface area contributed by atoms with Gasteiger partial charge in [0.05, 0.1) is 4.90 Å². The van der Waals surface area contributed by atoms with E-state index in [-0.39, 0.29) is 0 Å². The van der Waals surface area contributed by atoms with Gasteiger partial charge in [0, 0.05) is 13.1 Å². The monoisotopic (exact) mass is 310 g/mol. The van der Waals surface area contributed by atoms with Crippen molar-refractivity contribution in [2.24, 2.45) is 5.92 Å². The fraction of sp³-hybridized carbons (Fsp3) is 0.625. The average molecular weight is 310 g/mol. The summed E-state index contributed by atoms with van der Waals surface area (Å²) in [6.45, 7) is 6.15. The molecule has 0 heterocycles. The van der Waals surface area contributed by atoms with Crippen molar-refractivity contribution in [2.45, 2.75) is 51.0 Å². The van der Waals surface area contributed by atoms with Gasteiger partial charge in [-0.15, -0.1) is 0 Å². The van der Waals surface area contributed by atoms with E-state index in [4.69, 9.17) is 0 Å². The van der Waals surface area contributed by atoms with Gasteiger partial charge in [0.15, 0.2) is 0 Å². The lowest BCUT2D eigenvalue weighted by Crippen LogP contribution is -2.26. The minimum absolute atomic E-state index is 0.411. The Hall–Kier alpha value is -0.910. The van der Waals surface area contributed by atoms with Crippen molar-refractivity contribution in [3.8, 4) is 0 Å². The van der Waals surface area contributed by atoms with Gasteiger partial charge in [0.1, 0.15) is 0 Å². The van der Waals surface area contributed by atoms with Crippen LogP contribution in [0.3, 0.4) is 0 Å². The lowest BCUT2D eigenvalue weighted by Gasteiger charge is -2.11. The van der Waals surface area contributed by atoms with Gasteiger partial charge in [0.25, 0.3) is 0 Å². The Morgan fingerprint density at radius 3 is 2.67 bits per heavy atom. The standard InChI is InChI=1S/C16H26N2O2S/c1-3-9-17-12-15-5-4-13(2)16(11-15)21(19,20)18-10-8-14-6-7-14/h4-5,11,14,17-18H,3,6-10,12H2,1-2H3. The van der Waals surface area contributed by atoms with Gasteiger partial charge < -0.3 is 5.32 Å². The second-order valence-corrected chi connectivity index (χ2v) is 7.64. The van der Waals surface area contributed by atoms with E-state index in [2.05, 4.69) is 17.0 Å². The molecule has 2 rings (SSSR count). The molecule has 0 unspecified atom stereocenters. The second kappa shape index (κ2) is 7.38. The molecule has 5 heteroatoms. The SMILES string of the molecule is CCCNCc1ccc(C)c(S(=O)(=O)NCCC2CC2)c1. The van der Waals surface area contributed by atoms with E-state index in [0.29, 0.717) is 18.0 Å². The van der Waals surface area contributed by atoms with E-state index in [1.807, 2.05) is 19.1 Å². The maximum atomic E-state index is 12.4. The Labute approximate surface area is 128 Å². The molecule has 1 aliphatic carbocycles. The number of benzene rings is 1. The number of aryl methyl sites for hydroxylation is 1. The molecule has 1 fully saturated rings. The normalized spacial score (nSPS) is 15.3. The van der Waals surface area contributed by atoms with Crippen LogP contribution in [0.5, 0.6) is 0 Å². The van der Waals surface area contributed by atoms with E-state index in [9.17, 15) is 8.42 Å². The largest absolute Gasteiger partial charge is 0.313 e. The molecule has 4 nitrogen and oxygen atoms in total. The van der Waals surface area contributed by atoms with E-state index in [0.717, 1.165) is 36.4 Å². The third kappa shape index (κ3) is 5.09. The molecule has 1 aromatic carbocycles. The van der Waals surface area contributed by atoms with Crippen molar-refractivity contribution in [3.63, 3.8) is 0 Å². The Kier molecular flexibility index (Phi) is 5.79. The number of nitrogens with one attached hydrogen (secondary N) is 2. The third-order valence-corrected chi connectivity index (χ3v) is 5.44. The number of hydrogen-bond donors (Lipinski definition) is 2. The number of hydrogen-bond acceptors (Lipinski definition) is 3. The summed E-state index contributed by atoms with van der Waals surface area (Å²) >= 11 is 0. The molecule has 1 saturated carbocycles. The molecule has 1 aliphatic rings. The summed E-state index contributed by atoms with van der Waals surface area (Å²) in [5.74, 6) is 0.735. The van der Waals surface area contributed by atoms with Crippen molar-refractivity contribution in [1.82, 2.24) is 10.0 Å². The Balaban J connectivity index is 2.02. The molecule has 0 aliphatic heterocycles. The summed E-state index contributed by atoms with van der Waals surface area (Å²) in [5.41, 5.74) is 1.81. The molecule has 0 atom stereocenters. The quantitative estimate of drug-likeness (QED) is 0.689. The molecular formula is C16H26N2O2S. The molecule has 0 saturated heterocycles. The van der Waals surface area contributed by atoms with Gasteiger partial charge in [-0.2, -0.15) is 0 Å². The average Bonchev–Trinajstić information content (AvgIpc) is 3.25. The number of sulfonamides is 1. The number of rotatable bonds is 9. The van der Waals surface area contributed by atoms with Crippen LogP contribution >= 0.6 is 0 Å². The van der Waals surface area contributed by atoms with E-state index < -0.39 is 10.0 Å². The first kappa shape index (κ1) is 16.5. The van der Waals surface area contributed by atoms with Crippen LogP contribution in [-0.2, 0) is 16.6 Å². The van der Waals surface area contributed by atoms with Crippen molar-refractivity contribution in [2.75, 3.05) is 13.1 Å². The fourth-order valence-corrected chi connectivity index (χ4v) is 3.68. The van der Waals surface area contributed by atoms with Crippen molar-refractivity contribution >= 4 is 10.0 Å². The van der Waals surface area contributed by atoms with Gasteiger partial charge in [0.2, 0.25) is 10.0 Å². The van der Waals surface area contributed by atoms with Crippen LogP contribution in [0.4, 0.5) is 0 Å². The van der Waals surface area contributed by atoms with Crippen LogP contribution < -0.4 is 10.0 Å². The summed E-state index contributed by atoms with van der Waals surface area (Å²) in [4.78, 5) is 0.411. The summed E-state index contributed by atoms with van der Waals surface area (Å²) in [5, 5.41) is 3.30. The highest BCUT2D eigenvalue weighted by molar-refractivity contribution is 7.89. The van der Waals surface area contributed by atoms with Crippen molar-refractivity contribution in [1.29, 1.82) is 0 Å². The Bertz CT molecular complexity index is 566. The van der Waals surface area contributed by atoms with Crippen LogP contribution in [0.15, 0.2) is 23.1 Å².